The highest BCUT2D eigenvalue weighted by Crippen LogP contribution is 2.41. The first kappa shape index (κ1) is 16.3. The molecule has 0 atom stereocenters. The van der Waals surface area contributed by atoms with Crippen LogP contribution in [0.5, 0.6) is 5.88 Å². The first-order valence-electron chi connectivity index (χ1n) is 7.73. The van der Waals surface area contributed by atoms with Crippen molar-refractivity contribution < 1.29 is 13.2 Å². The van der Waals surface area contributed by atoms with E-state index in [0.29, 0.717) is 17.4 Å². The van der Waals surface area contributed by atoms with Gasteiger partial charge in [-0.1, -0.05) is 11.6 Å². The van der Waals surface area contributed by atoms with Crippen LogP contribution in [0.4, 0.5) is 0 Å². The number of pyridine rings is 1. The number of aromatic nitrogens is 4. The number of rotatable bonds is 5. The van der Waals surface area contributed by atoms with Gasteiger partial charge in [0.15, 0.2) is 20.6 Å². The summed E-state index contributed by atoms with van der Waals surface area (Å²) in [7, 11) is -3.39. The second-order valence-electron chi connectivity index (χ2n) is 6.17. The predicted octanol–water partition coefficient (Wildman–Crippen LogP) is 2.64. The van der Waals surface area contributed by atoms with Crippen LogP contribution in [0, 0.1) is 0 Å². The Labute approximate surface area is 149 Å². The van der Waals surface area contributed by atoms with E-state index in [4.69, 9.17) is 16.3 Å². The van der Waals surface area contributed by atoms with Crippen molar-refractivity contribution in [2.75, 3.05) is 6.26 Å². The Morgan fingerprint density at radius 2 is 2.12 bits per heavy atom. The smallest absolute Gasteiger partial charge is 0.232 e. The van der Waals surface area contributed by atoms with Crippen molar-refractivity contribution in [1.29, 1.82) is 0 Å². The fourth-order valence-corrected chi connectivity index (χ4v) is 3.68. The van der Waals surface area contributed by atoms with Gasteiger partial charge in [0.1, 0.15) is 11.5 Å². The third-order valence-corrected chi connectivity index (χ3v) is 5.32. The van der Waals surface area contributed by atoms with Gasteiger partial charge in [-0.15, -0.1) is 5.10 Å². The Kier molecular flexibility index (Phi) is 3.88. The molecule has 25 heavy (non-hydrogen) atoms. The minimum Gasteiger partial charge on any atom is -0.472 e. The maximum absolute atomic E-state index is 12.1. The van der Waals surface area contributed by atoms with E-state index >= 15 is 0 Å². The van der Waals surface area contributed by atoms with Gasteiger partial charge < -0.3 is 9.14 Å². The minimum atomic E-state index is -3.39. The van der Waals surface area contributed by atoms with E-state index in [1.807, 2.05) is 6.20 Å². The molecule has 0 aromatic carbocycles. The molecule has 1 aliphatic carbocycles. The Hall–Kier alpha value is -2.19. The Bertz CT molecular complexity index is 1060. The summed E-state index contributed by atoms with van der Waals surface area (Å²) in [5, 5.41) is 7.71. The summed E-state index contributed by atoms with van der Waals surface area (Å²) in [6.07, 6.45) is 8.53. The molecule has 4 rings (SSSR count). The summed E-state index contributed by atoms with van der Waals surface area (Å²) in [5.41, 5.74) is 2.13. The molecule has 130 valence electrons. The van der Waals surface area contributed by atoms with Crippen molar-refractivity contribution in [3.05, 3.63) is 47.0 Å². The van der Waals surface area contributed by atoms with Crippen LogP contribution in [0.1, 0.15) is 29.9 Å². The molecule has 3 heterocycles. The molecule has 0 saturated heterocycles. The second-order valence-corrected chi connectivity index (χ2v) is 8.54. The van der Waals surface area contributed by atoms with Crippen molar-refractivity contribution in [3.8, 4) is 5.88 Å². The lowest BCUT2D eigenvalue weighted by Crippen LogP contribution is -2.02. The maximum Gasteiger partial charge on any atom is 0.232 e. The predicted molar refractivity (Wildman–Crippen MR) is 91.7 cm³/mol. The van der Waals surface area contributed by atoms with E-state index in [9.17, 15) is 8.42 Å². The van der Waals surface area contributed by atoms with Crippen molar-refractivity contribution in [2.45, 2.75) is 30.3 Å². The first-order valence-corrected chi connectivity index (χ1v) is 10.00. The number of hydrogen-bond donors (Lipinski definition) is 0. The van der Waals surface area contributed by atoms with Crippen LogP contribution in [0.25, 0.3) is 5.65 Å². The van der Waals surface area contributed by atoms with Gasteiger partial charge in [0.2, 0.25) is 5.88 Å². The molecule has 0 aliphatic heterocycles. The average Bonchev–Trinajstić information content (AvgIpc) is 3.31. The minimum absolute atomic E-state index is 0.211. The lowest BCUT2D eigenvalue weighted by Gasteiger charge is -2.05. The molecule has 0 amide bonds. The van der Waals surface area contributed by atoms with Gasteiger partial charge in [0.25, 0.3) is 0 Å². The van der Waals surface area contributed by atoms with Gasteiger partial charge in [-0.25, -0.2) is 8.42 Å². The molecule has 1 fully saturated rings. The van der Waals surface area contributed by atoms with E-state index in [1.165, 1.54) is 6.26 Å². The van der Waals surface area contributed by atoms with E-state index in [0.717, 1.165) is 24.0 Å². The number of imidazole rings is 1. The van der Waals surface area contributed by atoms with E-state index < -0.39 is 9.84 Å². The summed E-state index contributed by atoms with van der Waals surface area (Å²) in [5.74, 6) is 0.771. The van der Waals surface area contributed by atoms with Crippen LogP contribution in [-0.4, -0.2) is 34.3 Å². The summed E-state index contributed by atoms with van der Waals surface area (Å²) < 4.78 is 31.7. The Morgan fingerprint density at radius 3 is 2.80 bits per heavy atom. The van der Waals surface area contributed by atoms with Crippen LogP contribution in [-0.2, 0) is 16.4 Å². The molecular formula is C16H15ClN4O3S. The van der Waals surface area contributed by atoms with Crippen molar-refractivity contribution in [2.24, 2.45) is 0 Å². The lowest BCUT2D eigenvalue weighted by molar-refractivity contribution is 0.295. The van der Waals surface area contributed by atoms with E-state index in [2.05, 4.69) is 15.2 Å². The SMILES string of the molecule is CS(=O)(=O)c1cc(C2CC2)cn2cc(OCc3cnnc(Cl)c3)nc12. The van der Waals surface area contributed by atoms with Crippen LogP contribution in [0.3, 0.4) is 0 Å². The second kappa shape index (κ2) is 5.96. The molecule has 0 spiro atoms. The zero-order valence-electron chi connectivity index (χ0n) is 13.4. The number of nitrogens with zero attached hydrogens (tertiary/aromatic N) is 4. The molecule has 0 N–H and O–H groups in total. The first-order chi connectivity index (χ1) is 11.9. The van der Waals surface area contributed by atoms with Gasteiger partial charge in [-0.05, 0) is 36.5 Å². The van der Waals surface area contributed by atoms with Gasteiger partial charge in [0.05, 0.1) is 12.4 Å². The normalized spacial score (nSPS) is 14.8. The average molecular weight is 379 g/mol. The lowest BCUT2D eigenvalue weighted by atomic mass is 10.2. The molecule has 0 radical (unpaired) electrons. The number of halogens is 1. The van der Waals surface area contributed by atoms with E-state index in [-0.39, 0.29) is 16.7 Å². The van der Waals surface area contributed by atoms with Gasteiger partial charge in [0, 0.05) is 18.0 Å². The molecule has 7 nitrogen and oxygen atoms in total. The molecule has 9 heteroatoms. The van der Waals surface area contributed by atoms with Crippen LogP contribution < -0.4 is 4.74 Å². The number of fused-ring (bicyclic) bond motifs is 1. The third kappa shape index (κ3) is 3.45. The zero-order chi connectivity index (χ0) is 17.6. The third-order valence-electron chi connectivity index (χ3n) is 4.03. The zero-order valence-corrected chi connectivity index (χ0v) is 15.0. The highest BCUT2D eigenvalue weighted by atomic mass is 35.5. The highest BCUT2D eigenvalue weighted by molar-refractivity contribution is 7.91. The molecule has 1 aliphatic rings. The topological polar surface area (TPSA) is 86.5 Å². The summed E-state index contributed by atoms with van der Waals surface area (Å²) >= 11 is 5.80. The molecule has 3 aromatic rings. The quantitative estimate of drug-likeness (QED) is 0.678. The summed E-state index contributed by atoms with van der Waals surface area (Å²) in [6, 6.07) is 3.38. The highest BCUT2D eigenvalue weighted by Gasteiger charge is 2.27. The summed E-state index contributed by atoms with van der Waals surface area (Å²) in [4.78, 5) is 4.55. The fraction of sp³-hybridized carbons (Fsp3) is 0.312. The Morgan fingerprint density at radius 1 is 1.32 bits per heavy atom. The van der Waals surface area contributed by atoms with Gasteiger partial charge in [-0.2, -0.15) is 10.1 Å². The van der Waals surface area contributed by atoms with Crippen LogP contribution in [0.15, 0.2) is 35.6 Å². The maximum atomic E-state index is 12.1. The molecule has 1 saturated carbocycles. The largest absolute Gasteiger partial charge is 0.472 e. The molecule has 0 unspecified atom stereocenters. The van der Waals surface area contributed by atoms with Crippen LogP contribution in [0.2, 0.25) is 5.15 Å². The fourth-order valence-electron chi connectivity index (χ4n) is 2.66. The van der Waals surface area contributed by atoms with Crippen molar-refractivity contribution >= 4 is 27.1 Å². The van der Waals surface area contributed by atoms with Gasteiger partial charge in [-0.3, -0.25) is 0 Å². The number of hydrogen-bond acceptors (Lipinski definition) is 6. The molecule has 3 aromatic heterocycles. The summed E-state index contributed by atoms with van der Waals surface area (Å²) in [6.45, 7) is 0.211. The number of ether oxygens (including phenoxy) is 1. The Balaban J connectivity index is 1.69. The molecular weight excluding hydrogens is 364 g/mol. The van der Waals surface area contributed by atoms with Crippen molar-refractivity contribution in [1.82, 2.24) is 19.6 Å². The van der Waals surface area contributed by atoms with Crippen LogP contribution >= 0.6 is 11.6 Å². The molecule has 0 bridgehead atoms. The standard InChI is InChI=1S/C16H15ClN4O3S/c1-25(22,23)13-5-12(11-2-3-11)7-21-8-15(19-16(13)21)24-9-10-4-14(17)20-18-6-10/h4-8,11H,2-3,9H2,1H3. The van der Waals surface area contributed by atoms with Crippen molar-refractivity contribution in [3.63, 3.8) is 0 Å². The number of sulfone groups is 1. The monoisotopic (exact) mass is 378 g/mol. The van der Waals surface area contributed by atoms with E-state index in [1.54, 1.807) is 28.9 Å². The van der Waals surface area contributed by atoms with Gasteiger partial charge >= 0.3 is 0 Å².